The third-order valence-electron chi connectivity index (χ3n) is 5.73. The molecule has 3 aliphatic heterocycles. The van der Waals surface area contributed by atoms with Crippen molar-refractivity contribution < 1.29 is 14.4 Å². The first kappa shape index (κ1) is 17.4. The number of hydrogen-bond acceptors (Lipinski definition) is 6. The lowest BCUT2D eigenvalue weighted by Crippen LogP contribution is -2.48. The Balaban J connectivity index is 1.51. The van der Waals surface area contributed by atoms with Crippen LogP contribution < -0.4 is 4.74 Å². The zero-order valence-corrected chi connectivity index (χ0v) is 14.9. The first-order chi connectivity index (χ1) is 12.7. The maximum absolute atomic E-state index is 11.2. The zero-order valence-electron chi connectivity index (χ0n) is 14.9. The molecule has 0 aliphatic carbocycles. The van der Waals surface area contributed by atoms with Gasteiger partial charge < -0.3 is 14.4 Å². The van der Waals surface area contributed by atoms with E-state index >= 15 is 0 Å². The Morgan fingerprint density at radius 3 is 3.04 bits per heavy atom. The average Bonchev–Trinajstić information content (AvgIpc) is 2.68. The van der Waals surface area contributed by atoms with Crippen molar-refractivity contribution in [1.29, 1.82) is 0 Å². The monoisotopic (exact) mass is 359 g/mol. The molecule has 3 heterocycles. The summed E-state index contributed by atoms with van der Waals surface area (Å²) in [6.45, 7) is 3.71. The Morgan fingerprint density at radius 2 is 2.15 bits per heavy atom. The minimum Gasteiger partial charge on any atom is -0.466 e. The molecule has 4 rings (SSSR count). The van der Waals surface area contributed by atoms with E-state index < -0.39 is 0 Å². The van der Waals surface area contributed by atoms with E-state index in [-0.39, 0.29) is 17.4 Å². The molecule has 0 saturated carbocycles. The van der Waals surface area contributed by atoms with Gasteiger partial charge in [-0.3, -0.25) is 15.1 Å². The van der Waals surface area contributed by atoms with Gasteiger partial charge in [-0.15, -0.1) is 0 Å². The van der Waals surface area contributed by atoms with Crippen LogP contribution >= 0.6 is 0 Å². The topological polar surface area (TPSA) is 77.2 Å². The van der Waals surface area contributed by atoms with Gasteiger partial charge in [-0.25, -0.2) is 0 Å². The van der Waals surface area contributed by atoms with Gasteiger partial charge in [0, 0.05) is 42.1 Å². The predicted octanol–water partition coefficient (Wildman–Crippen LogP) is 3.14. The molecule has 0 N–H and O–H groups in total. The molecule has 3 aliphatic rings. The van der Waals surface area contributed by atoms with Crippen molar-refractivity contribution in [1.82, 2.24) is 4.90 Å². The lowest BCUT2D eigenvalue weighted by molar-refractivity contribution is -0.385. The highest BCUT2D eigenvalue weighted by atomic mass is 16.7. The second kappa shape index (κ2) is 7.72. The molecule has 0 bridgehead atoms. The fourth-order valence-corrected chi connectivity index (χ4v) is 4.51. The molecule has 1 aromatic rings. The fourth-order valence-electron chi connectivity index (χ4n) is 4.51. The third kappa shape index (κ3) is 3.59. The zero-order chi connectivity index (χ0) is 17.9. The highest BCUT2D eigenvalue weighted by Gasteiger charge is 2.32. The number of nitro benzene ring substituents is 1. The second-order valence-electron chi connectivity index (χ2n) is 7.39. The largest absolute Gasteiger partial charge is 0.466 e. The van der Waals surface area contributed by atoms with E-state index in [1.807, 2.05) is 0 Å². The maximum Gasteiger partial charge on any atom is 0.270 e. The first-order valence-corrected chi connectivity index (χ1v) is 9.48. The van der Waals surface area contributed by atoms with Gasteiger partial charge >= 0.3 is 0 Å². The molecule has 2 saturated heterocycles. The van der Waals surface area contributed by atoms with E-state index in [1.165, 1.54) is 51.3 Å². The molecule has 0 amide bonds. The first-order valence-electron chi connectivity index (χ1n) is 9.48. The Labute approximate surface area is 153 Å². The minimum absolute atomic E-state index is 0.0513. The molecular formula is C19H25N3O4. The standard InChI is InChI=1S/C19H25N3O4/c23-22(24)17-8-15(19-16(9-17)12-25-13-26-19)11-20-10-14-4-3-7-21-6-2-1-5-18(14)21/h8-9,11,14,18H,1-7,10,12-13H2. The van der Waals surface area contributed by atoms with Crippen LogP contribution in [0.1, 0.15) is 43.2 Å². The molecule has 0 spiro atoms. The summed E-state index contributed by atoms with van der Waals surface area (Å²) in [4.78, 5) is 18.1. The van der Waals surface area contributed by atoms with Gasteiger partial charge in [-0.2, -0.15) is 0 Å². The molecule has 2 atom stereocenters. The number of nitrogens with zero attached hydrogens (tertiary/aromatic N) is 3. The third-order valence-corrected chi connectivity index (χ3v) is 5.73. The van der Waals surface area contributed by atoms with E-state index in [9.17, 15) is 10.1 Å². The van der Waals surface area contributed by atoms with Crippen LogP contribution in [0.25, 0.3) is 0 Å². The Bertz CT molecular complexity index is 704. The lowest BCUT2D eigenvalue weighted by atomic mass is 9.83. The van der Waals surface area contributed by atoms with Crippen molar-refractivity contribution in [2.24, 2.45) is 10.9 Å². The molecule has 2 unspecified atom stereocenters. The normalized spacial score (nSPS) is 26.2. The Kier molecular flexibility index (Phi) is 5.17. The van der Waals surface area contributed by atoms with Crippen LogP contribution in [0.5, 0.6) is 5.75 Å². The highest BCUT2D eigenvalue weighted by Crippen LogP contribution is 2.33. The van der Waals surface area contributed by atoms with Gasteiger partial charge in [-0.05, 0) is 44.7 Å². The summed E-state index contributed by atoms with van der Waals surface area (Å²) in [5, 5.41) is 11.2. The van der Waals surface area contributed by atoms with Crippen molar-refractivity contribution in [3.05, 3.63) is 33.4 Å². The van der Waals surface area contributed by atoms with Crippen LogP contribution in [0.15, 0.2) is 17.1 Å². The van der Waals surface area contributed by atoms with Crippen LogP contribution in [0.2, 0.25) is 0 Å². The van der Waals surface area contributed by atoms with Gasteiger partial charge in [0.05, 0.1) is 11.5 Å². The number of aliphatic imine (C=N–C) groups is 1. The van der Waals surface area contributed by atoms with E-state index in [1.54, 1.807) is 12.3 Å². The van der Waals surface area contributed by atoms with Crippen molar-refractivity contribution >= 4 is 11.9 Å². The molecule has 140 valence electrons. The number of hydrogen-bond donors (Lipinski definition) is 0. The van der Waals surface area contributed by atoms with E-state index in [0.717, 1.165) is 6.54 Å². The van der Waals surface area contributed by atoms with E-state index in [0.29, 0.717) is 35.4 Å². The molecular weight excluding hydrogens is 334 g/mol. The van der Waals surface area contributed by atoms with Crippen LogP contribution in [0, 0.1) is 16.0 Å². The summed E-state index contributed by atoms with van der Waals surface area (Å²) in [5.41, 5.74) is 1.44. The summed E-state index contributed by atoms with van der Waals surface area (Å²) in [6.07, 6.45) is 8.10. The van der Waals surface area contributed by atoms with Gasteiger partial charge in [0.2, 0.25) is 0 Å². The minimum atomic E-state index is -0.382. The average molecular weight is 359 g/mol. The van der Waals surface area contributed by atoms with E-state index in [2.05, 4.69) is 9.89 Å². The number of piperidine rings is 2. The van der Waals surface area contributed by atoms with Crippen LogP contribution in [0.4, 0.5) is 5.69 Å². The Hall–Kier alpha value is -1.99. The van der Waals surface area contributed by atoms with Gasteiger partial charge in [-0.1, -0.05) is 6.42 Å². The number of non-ortho nitro benzene ring substituents is 1. The molecule has 0 aromatic heterocycles. The van der Waals surface area contributed by atoms with Crippen molar-refractivity contribution in [3.63, 3.8) is 0 Å². The molecule has 26 heavy (non-hydrogen) atoms. The predicted molar refractivity (Wildman–Crippen MR) is 97.8 cm³/mol. The lowest BCUT2D eigenvalue weighted by Gasteiger charge is -2.44. The quantitative estimate of drug-likeness (QED) is 0.469. The SMILES string of the molecule is O=[N+]([O-])c1cc(C=NCC2CCCN3CCCCC23)c2c(c1)COCO2. The summed E-state index contributed by atoms with van der Waals surface area (Å²) in [7, 11) is 0. The van der Waals surface area contributed by atoms with Crippen LogP contribution in [0.3, 0.4) is 0 Å². The molecule has 7 heteroatoms. The van der Waals surface area contributed by atoms with Gasteiger partial charge in [0.1, 0.15) is 5.75 Å². The second-order valence-corrected chi connectivity index (χ2v) is 7.39. The van der Waals surface area contributed by atoms with Crippen molar-refractivity contribution in [3.8, 4) is 5.75 Å². The number of nitro groups is 1. The fraction of sp³-hybridized carbons (Fsp3) is 0.632. The molecule has 1 aromatic carbocycles. The van der Waals surface area contributed by atoms with Crippen LogP contribution in [-0.4, -0.2) is 48.5 Å². The number of rotatable bonds is 4. The van der Waals surface area contributed by atoms with Gasteiger partial charge in [0.15, 0.2) is 6.79 Å². The number of ether oxygens (including phenoxy) is 2. The summed E-state index contributed by atoms with van der Waals surface area (Å²) in [5.74, 6) is 1.24. The summed E-state index contributed by atoms with van der Waals surface area (Å²) in [6, 6.07) is 3.72. The van der Waals surface area contributed by atoms with Crippen LogP contribution in [-0.2, 0) is 11.3 Å². The smallest absolute Gasteiger partial charge is 0.270 e. The Morgan fingerprint density at radius 1 is 1.27 bits per heavy atom. The highest BCUT2D eigenvalue weighted by molar-refractivity contribution is 5.85. The maximum atomic E-state index is 11.2. The van der Waals surface area contributed by atoms with Gasteiger partial charge in [0.25, 0.3) is 5.69 Å². The van der Waals surface area contributed by atoms with Crippen molar-refractivity contribution in [2.75, 3.05) is 26.4 Å². The molecule has 7 nitrogen and oxygen atoms in total. The molecule has 0 radical (unpaired) electrons. The number of fused-ring (bicyclic) bond motifs is 2. The number of benzene rings is 1. The molecule has 2 fully saturated rings. The van der Waals surface area contributed by atoms with Crippen molar-refractivity contribution in [2.45, 2.75) is 44.8 Å². The van der Waals surface area contributed by atoms with E-state index in [4.69, 9.17) is 9.47 Å². The summed E-state index contributed by atoms with van der Waals surface area (Å²) >= 11 is 0. The summed E-state index contributed by atoms with van der Waals surface area (Å²) < 4.78 is 10.8.